The van der Waals surface area contributed by atoms with E-state index in [1.54, 1.807) is 14.2 Å². The summed E-state index contributed by atoms with van der Waals surface area (Å²) in [5.74, 6) is 1.61. The van der Waals surface area contributed by atoms with Crippen LogP contribution < -0.4 is 5.73 Å². The molecule has 0 aliphatic heterocycles. The minimum Gasteiger partial charge on any atom is -0.379 e. The minimum atomic E-state index is 0.260. The predicted molar refractivity (Wildman–Crippen MR) is 62.1 cm³/mol. The van der Waals surface area contributed by atoms with E-state index < -0.39 is 0 Å². The van der Waals surface area contributed by atoms with Crippen LogP contribution in [0, 0.1) is 17.3 Å². The smallest absolute Gasteiger partial charge is 0.0838 e. The van der Waals surface area contributed by atoms with Gasteiger partial charge >= 0.3 is 0 Å². The molecule has 0 heterocycles. The monoisotopic (exact) mass is 225 g/mol. The third kappa shape index (κ3) is 1.25. The minimum absolute atomic E-state index is 0.260. The van der Waals surface area contributed by atoms with Crippen LogP contribution in [-0.2, 0) is 9.47 Å². The molecule has 0 aromatic rings. The van der Waals surface area contributed by atoms with Gasteiger partial charge in [-0.25, -0.2) is 0 Å². The van der Waals surface area contributed by atoms with E-state index in [0.717, 1.165) is 24.7 Å². The largest absolute Gasteiger partial charge is 0.379 e. The fourth-order valence-corrected chi connectivity index (χ4v) is 4.78. The van der Waals surface area contributed by atoms with Gasteiger partial charge in [0.25, 0.3) is 0 Å². The normalized spacial score (nSPS) is 49.3. The van der Waals surface area contributed by atoms with E-state index in [-0.39, 0.29) is 12.2 Å². The van der Waals surface area contributed by atoms with E-state index in [4.69, 9.17) is 15.2 Å². The van der Waals surface area contributed by atoms with Crippen molar-refractivity contribution in [3.63, 3.8) is 0 Å². The standard InChI is InChI=1S/C13H23NO2/c1-15-10-6-13(7-11(10)16-2)9-4-3-8(5-9)12(13)14/h8-12H,3-7,14H2,1-2H3/t8-,9+,10+,11+,12+/m0/s1. The highest BCUT2D eigenvalue weighted by Crippen LogP contribution is 2.62. The van der Waals surface area contributed by atoms with E-state index in [1.807, 2.05) is 0 Å². The molecule has 0 amide bonds. The molecular formula is C13H23NO2. The third-order valence-electron chi connectivity index (χ3n) is 5.64. The number of fused-ring (bicyclic) bond motifs is 3. The number of methoxy groups -OCH3 is 2. The number of hydrogen-bond acceptors (Lipinski definition) is 3. The van der Waals surface area contributed by atoms with Gasteiger partial charge in [-0.3, -0.25) is 0 Å². The first-order chi connectivity index (χ1) is 7.71. The Morgan fingerprint density at radius 1 is 1.06 bits per heavy atom. The first-order valence-electron chi connectivity index (χ1n) is 6.52. The van der Waals surface area contributed by atoms with Crippen LogP contribution in [0.2, 0.25) is 0 Å². The van der Waals surface area contributed by atoms with Gasteiger partial charge in [-0.2, -0.15) is 0 Å². The number of hydrogen-bond donors (Lipinski definition) is 1. The van der Waals surface area contributed by atoms with Gasteiger partial charge in [0.15, 0.2) is 0 Å². The van der Waals surface area contributed by atoms with E-state index >= 15 is 0 Å². The van der Waals surface area contributed by atoms with Crippen LogP contribution in [-0.4, -0.2) is 32.5 Å². The lowest BCUT2D eigenvalue weighted by Crippen LogP contribution is -2.45. The predicted octanol–water partition coefficient (Wildman–Crippen LogP) is 1.55. The highest BCUT2D eigenvalue weighted by Gasteiger charge is 2.61. The first kappa shape index (κ1) is 11.0. The van der Waals surface area contributed by atoms with Crippen LogP contribution in [0.1, 0.15) is 32.1 Å². The summed E-state index contributed by atoms with van der Waals surface area (Å²) in [7, 11) is 3.60. The SMILES string of the molecule is CO[C@@H]1CC2(C[C@H]1OC)[C@@H]1CC[C@@H](C1)[C@H]2N. The molecule has 0 radical (unpaired) electrons. The molecule has 0 saturated heterocycles. The molecule has 92 valence electrons. The van der Waals surface area contributed by atoms with Crippen LogP contribution in [0.15, 0.2) is 0 Å². The molecule has 0 unspecified atom stereocenters. The first-order valence-corrected chi connectivity index (χ1v) is 6.52. The zero-order valence-electron chi connectivity index (χ0n) is 10.3. The van der Waals surface area contributed by atoms with E-state index in [9.17, 15) is 0 Å². The van der Waals surface area contributed by atoms with Crippen molar-refractivity contribution in [1.82, 2.24) is 0 Å². The molecule has 16 heavy (non-hydrogen) atoms. The molecule has 3 nitrogen and oxygen atoms in total. The van der Waals surface area contributed by atoms with Crippen molar-refractivity contribution in [2.45, 2.75) is 50.4 Å². The second-order valence-corrected chi connectivity index (χ2v) is 5.99. The molecule has 0 aromatic carbocycles. The summed E-state index contributed by atoms with van der Waals surface area (Å²) in [4.78, 5) is 0. The van der Waals surface area contributed by atoms with Crippen molar-refractivity contribution in [2.24, 2.45) is 23.0 Å². The molecule has 2 N–H and O–H groups in total. The van der Waals surface area contributed by atoms with Gasteiger partial charge in [-0.15, -0.1) is 0 Å². The fraction of sp³-hybridized carbons (Fsp3) is 1.00. The molecule has 3 aliphatic carbocycles. The summed E-state index contributed by atoms with van der Waals surface area (Å²) in [5, 5.41) is 0. The maximum absolute atomic E-state index is 6.48. The Hall–Kier alpha value is -0.120. The Labute approximate surface area is 97.7 Å². The zero-order chi connectivity index (χ0) is 11.3. The number of rotatable bonds is 2. The van der Waals surface area contributed by atoms with Gasteiger partial charge in [0.05, 0.1) is 12.2 Å². The molecule has 3 heteroatoms. The van der Waals surface area contributed by atoms with Gasteiger partial charge in [-0.05, 0) is 49.4 Å². The summed E-state index contributed by atoms with van der Waals surface area (Å²) in [5.41, 5.74) is 6.82. The second-order valence-electron chi connectivity index (χ2n) is 5.99. The fourth-order valence-electron chi connectivity index (χ4n) is 4.78. The molecular weight excluding hydrogens is 202 g/mol. The average Bonchev–Trinajstić information content (AvgIpc) is 2.97. The lowest BCUT2D eigenvalue weighted by Gasteiger charge is -2.39. The Morgan fingerprint density at radius 2 is 1.69 bits per heavy atom. The molecule has 2 bridgehead atoms. The molecule has 3 saturated carbocycles. The second kappa shape index (κ2) is 3.69. The topological polar surface area (TPSA) is 44.5 Å². The Kier molecular flexibility index (Phi) is 2.54. The van der Waals surface area contributed by atoms with Crippen LogP contribution in [0.4, 0.5) is 0 Å². The van der Waals surface area contributed by atoms with Crippen molar-refractivity contribution in [3.05, 3.63) is 0 Å². The number of ether oxygens (including phenoxy) is 2. The van der Waals surface area contributed by atoms with Crippen LogP contribution in [0.5, 0.6) is 0 Å². The van der Waals surface area contributed by atoms with Crippen molar-refractivity contribution >= 4 is 0 Å². The Bertz CT molecular complexity index is 265. The zero-order valence-corrected chi connectivity index (χ0v) is 10.3. The van der Waals surface area contributed by atoms with Crippen molar-refractivity contribution in [3.8, 4) is 0 Å². The van der Waals surface area contributed by atoms with Gasteiger partial charge in [0, 0.05) is 20.3 Å². The molecule has 1 spiro atoms. The summed E-state index contributed by atoms with van der Waals surface area (Å²) in [6.07, 6.45) is 6.84. The third-order valence-corrected chi connectivity index (χ3v) is 5.64. The maximum atomic E-state index is 6.48. The van der Waals surface area contributed by atoms with Crippen LogP contribution in [0.25, 0.3) is 0 Å². The van der Waals surface area contributed by atoms with Crippen molar-refractivity contribution in [1.29, 1.82) is 0 Å². The molecule has 0 aromatic heterocycles. The highest BCUT2D eigenvalue weighted by molar-refractivity contribution is 5.13. The van der Waals surface area contributed by atoms with E-state index in [1.165, 1.54) is 19.3 Å². The average molecular weight is 225 g/mol. The lowest BCUT2D eigenvalue weighted by atomic mass is 9.69. The summed E-state index contributed by atoms with van der Waals surface area (Å²) in [6, 6.07) is 0.393. The van der Waals surface area contributed by atoms with E-state index in [2.05, 4.69) is 0 Å². The molecule has 3 aliphatic rings. The van der Waals surface area contributed by atoms with Crippen molar-refractivity contribution < 1.29 is 9.47 Å². The van der Waals surface area contributed by atoms with Gasteiger partial charge in [-0.1, -0.05) is 0 Å². The maximum Gasteiger partial charge on any atom is 0.0838 e. The highest BCUT2D eigenvalue weighted by atomic mass is 16.5. The Morgan fingerprint density at radius 3 is 2.12 bits per heavy atom. The van der Waals surface area contributed by atoms with Crippen LogP contribution >= 0.6 is 0 Å². The lowest BCUT2D eigenvalue weighted by molar-refractivity contribution is -0.0157. The van der Waals surface area contributed by atoms with E-state index in [0.29, 0.717) is 11.5 Å². The summed E-state index contributed by atoms with van der Waals surface area (Å²) < 4.78 is 11.2. The Balaban J connectivity index is 1.85. The van der Waals surface area contributed by atoms with Gasteiger partial charge in [0.2, 0.25) is 0 Å². The van der Waals surface area contributed by atoms with Gasteiger partial charge in [0.1, 0.15) is 0 Å². The summed E-state index contributed by atoms with van der Waals surface area (Å²) >= 11 is 0. The quantitative estimate of drug-likeness (QED) is 0.775. The van der Waals surface area contributed by atoms with Gasteiger partial charge < -0.3 is 15.2 Å². The molecule has 5 atom stereocenters. The van der Waals surface area contributed by atoms with Crippen molar-refractivity contribution in [2.75, 3.05) is 14.2 Å². The number of nitrogens with two attached hydrogens (primary N) is 1. The molecule has 3 rings (SSSR count). The summed E-state index contributed by atoms with van der Waals surface area (Å²) in [6.45, 7) is 0. The molecule has 3 fully saturated rings. The van der Waals surface area contributed by atoms with Crippen LogP contribution in [0.3, 0.4) is 0 Å².